The van der Waals surface area contributed by atoms with Gasteiger partial charge in [-0.3, -0.25) is 4.79 Å². The topological polar surface area (TPSA) is 101 Å². The molecular weight excluding hydrogens is 290 g/mol. The van der Waals surface area contributed by atoms with Gasteiger partial charge in [0.1, 0.15) is 0 Å². The van der Waals surface area contributed by atoms with Gasteiger partial charge in [-0.05, 0) is 37.0 Å². The summed E-state index contributed by atoms with van der Waals surface area (Å²) in [5.74, 6) is -0.122. The van der Waals surface area contributed by atoms with E-state index in [-0.39, 0.29) is 29.8 Å². The summed E-state index contributed by atoms with van der Waals surface area (Å²) in [5.41, 5.74) is 6.77. The van der Waals surface area contributed by atoms with Crippen molar-refractivity contribution >= 4 is 21.6 Å². The van der Waals surface area contributed by atoms with Crippen molar-refractivity contribution in [2.45, 2.75) is 43.5 Å². The second-order valence-electron chi connectivity index (χ2n) is 5.21. The molecule has 7 heteroatoms. The third-order valence-electron chi connectivity index (χ3n) is 3.35. The maximum Gasteiger partial charge on any atom is 0.240 e. The maximum atomic E-state index is 12.3. The number of nitrogens with two attached hydrogens (primary N) is 1. The molecule has 116 valence electrons. The molecule has 2 rings (SSSR count). The monoisotopic (exact) mass is 311 g/mol. The minimum Gasteiger partial charge on any atom is -0.399 e. The number of hydrogen-bond acceptors (Lipinski definition) is 4. The maximum absolute atomic E-state index is 12.3. The quantitative estimate of drug-likeness (QED) is 0.648. The molecule has 0 aromatic heterocycles. The summed E-state index contributed by atoms with van der Waals surface area (Å²) < 4.78 is 27.0. The Morgan fingerprint density at radius 2 is 2.10 bits per heavy atom. The predicted molar refractivity (Wildman–Crippen MR) is 81.2 cm³/mol. The summed E-state index contributed by atoms with van der Waals surface area (Å²) in [6, 6.07) is 5.13. The van der Waals surface area contributed by atoms with Crippen LogP contribution in [0.3, 0.4) is 0 Å². The van der Waals surface area contributed by atoms with Crippen molar-refractivity contribution in [1.82, 2.24) is 10.0 Å². The summed E-state index contributed by atoms with van der Waals surface area (Å²) in [6.45, 7) is 1.96. The fourth-order valence-electron chi connectivity index (χ4n) is 2.02. The van der Waals surface area contributed by atoms with Gasteiger partial charge in [-0.25, -0.2) is 13.1 Å². The van der Waals surface area contributed by atoms with Crippen LogP contribution in [-0.4, -0.2) is 26.9 Å². The van der Waals surface area contributed by atoms with Crippen molar-refractivity contribution in [1.29, 1.82) is 0 Å². The van der Waals surface area contributed by atoms with Crippen LogP contribution in [0.4, 0.5) is 5.69 Å². The molecule has 0 saturated heterocycles. The van der Waals surface area contributed by atoms with Crippen LogP contribution in [0.25, 0.3) is 0 Å². The van der Waals surface area contributed by atoms with Crippen LogP contribution < -0.4 is 15.8 Å². The lowest BCUT2D eigenvalue weighted by Crippen LogP contribution is -2.32. The van der Waals surface area contributed by atoms with Crippen LogP contribution in [0.5, 0.6) is 0 Å². The lowest BCUT2D eigenvalue weighted by Gasteiger charge is -2.11. The van der Waals surface area contributed by atoms with Gasteiger partial charge in [0.2, 0.25) is 15.9 Å². The van der Waals surface area contributed by atoms with E-state index in [4.69, 9.17) is 5.73 Å². The Labute approximate surface area is 125 Å². The second-order valence-corrected chi connectivity index (χ2v) is 6.95. The van der Waals surface area contributed by atoms with Crippen molar-refractivity contribution in [2.24, 2.45) is 0 Å². The van der Waals surface area contributed by atoms with E-state index in [9.17, 15) is 13.2 Å². The van der Waals surface area contributed by atoms with E-state index in [1.807, 2.05) is 6.92 Å². The molecule has 0 radical (unpaired) electrons. The molecule has 0 bridgehead atoms. The Morgan fingerprint density at radius 3 is 2.71 bits per heavy atom. The largest absolute Gasteiger partial charge is 0.399 e. The summed E-state index contributed by atoms with van der Waals surface area (Å²) >= 11 is 0. The minimum atomic E-state index is -3.64. The third kappa shape index (κ3) is 4.44. The Kier molecular flexibility index (Phi) is 4.84. The van der Waals surface area contributed by atoms with Crippen LogP contribution in [0.2, 0.25) is 0 Å². The zero-order valence-corrected chi connectivity index (χ0v) is 12.9. The fourth-order valence-corrected chi connectivity index (χ4v) is 3.39. The molecule has 0 aliphatic heterocycles. The number of anilines is 1. The predicted octanol–water partition coefficient (Wildman–Crippen LogP) is 0.778. The lowest BCUT2D eigenvalue weighted by atomic mass is 10.1. The highest BCUT2D eigenvalue weighted by molar-refractivity contribution is 7.89. The molecule has 6 nitrogen and oxygen atoms in total. The van der Waals surface area contributed by atoms with Gasteiger partial charge in [0, 0.05) is 24.7 Å². The number of carbonyl (C=O) groups excluding carboxylic acids is 1. The first-order chi connectivity index (χ1) is 9.92. The normalized spacial score (nSPS) is 14.9. The van der Waals surface area contributed by atoms with Gasteiger partial charge in [0.05, 0.1) is 4.90 Å². The van der Waals surface area contributed by atoms with E-state index in [1.54, 1.807) is 12.1 Å². The second kappa shape index (κ2) is 6.44. The molecule has 0 spiro atoms. The molecule has 4 N–H and O–H groups in total. The van der Waals surface area contributed by atoms with Gasteiger partial charge in [-0.15, -0.1) is 0 Å². The smallest absolute Gasteiger partial charge is 0.240 e. The number of nitrogen functional groups attached to an aromatic ring is 1. The SMILES string of the molecule is CCc1ccc(N)cc1S(=O)(=O)NCCC(=O)NC1CC1. The van der Waals surface area contributed by atoms with Gasteiger partial charge < -0.3 is 11.1 Å². The molecular formula is C14H21N3O3S. The first kappa shape index (κ1) is 15.8. The lowest BCUT2D eigenvalue weighted by molar-refractivity contribution is -0.121. The molecule has 0 heterocycles. The number of rotatable bonds is 7. The molecule has 1 fully saturated rings. The van der Waals surface area contributed by atoms with E-state index < -0.39 is 10.0 Å². The number of benzene rings is 1. The van der Waals surface area contributed by atoms with Crippen LogP contribution >= 0.6 is 0 Å². The van der Waals surface area contributed by atoms with Gasteiger partial charge in [-0.2, -0.15) is 0 Å². The van der Waals surface area contributed by atoms with Crippen molar-refractivity contribution < 1.29 is 13.2 Å². The van der Waals surface area contributed by atoms with Gasteiger partial charge in [-0.1, -0.05) is 13.0 Å². The Hall–Kier alpha value is -1.60. The van der Waals surface area contributed by atoms with Crippen LogP contribution in [-0.2, 0) is 21.2 Å². The van der Waals surface area contributed by atoms with Gasteiger partial charge in [0.15, 0.2) is 0 Å². The van der Waals surface area contributed by atoms with E-state index in [0.29, 0.717) is 17.7 Å². The summed E-state index contributed by atoms with van der Waals surface area (Å²) in [7, 11) is -3.64. The minimum absolute atomic E-state index is 0.0822. The van der Waals surface area contributed by atoms with Gasteiger partial charge >= 0.3 is 0 Å². The first-order valence-electron chi connectivity index (χ1n) is 7.10. The molecule has 0 unspecified atom stereocenters. The Morgan fingerprint density at radius 1 is 1.38 bits per heavy atom. The number of amides is 1. The van der Waals surface area contributed by atoms with Crippen LogP contribution in [0.15, 0.2) is 23.1 Å². The average molecular weight is 311 g/mol. The number of aryl methyl sites for hydroxylation is 1. The molecule has 0 atom stereocenters. The number of nitrogens with one attached hydrogen (secondary N) is 2. The third-order valence-corrected chi connectivity index (χ3v) is 4.89. The molecule has 1 aromatic carbocycles. The molecule has 1 amide bonds. The highest BCUT2D eigenvalue weighted by atomic mass is 32.2. The highest BCUT2D eigenvalue weighted by Gasteiger charge is 2.23. The molecule has 21 heavy (non-hydrogen) atoms. The molecule has 1 saturated carbocycles. The summed E-state index contributed by atoms with van der Waals surface area (Å²) in [6.07, 6.45) is 2.76. The van der Waals surface area contributed by atoms with E-state index in [1.165, 1.54) is 6.07 Å². The molecule has 1 aromatic rings. The fraction of sp³-hybridized carbons (Fsp3) is 0.500. The number of hydrogen-bond donors (Lipinski definition) is 3. The highest BCUT2D eigenvalue weighted by Crippen LogP contribution is 2.20. The summed E-state index contributed by atoms with van der Waals surface area (Å²) in [4.78, 5) is 11.7. The van der Waals surface area contributed by atoms with Gasteiger partial charge in [0.25, 0.3) is 0 Å². The van der Waals surface area contributed by atoms with Crippen LogP contribution in [0, 0.1) is 0 Å². The molecule has 1 aliphatic rings. The van der Waals surface area contributed by atoms with Crippen molar-refractivity contribution in [3.63, 3.8) is 0 Å². The summed E-state index contributed by atoms with van der Waals surface area (Å²) in [5, 5.41) is 2.82. The first-order valence-corrected chi connectivity index (χ1v) is 8.58. The Bertz CT molecular complexity index is 624. The number of carbonyl (C=O) groups is 1. The number of sulfonamides is 1. The molecule has 1 aliphatic carbocycles. The van der Waals surface area contributed by atoms with Crippen molar-refractivity contribution in [3.8, 4) is 0 Å². The zero-order chi connectivity index (χ0) is 15.5. The average Bonchev–Trinajstić information content (AvgIpc) is 3.22. The van der Waals surface area contributed by atoms with E-state index in [0.717, 1.165) is 12.8 Å². The Balaban J connectivity index is 1.97. The van der Waals surface area contributed by atoms with Crippen LogP contribution in [0.1, 0.15) is 31.7 Å². The van der Waals surface area contributed by atoms with Crippen molar-refractivity contribution in [2.75, 3.05) is 12.3 Å². The standard InChI is InChI=1S/C14H21N3O3S/c1-2-10-3-4-11(15)9-13(10)21(19,20)16-8-7-14(18)17-12-5-6-12/h3-4,9,12,16H,2,5-8,15H2,1H3,(H,17,18). The zero-order valence-electron chi connectivity index (χ0n) is 12.1. The van der Waals surface area contributed by atoms with Crippen molar-refractivity contribution in [3.05, 3.63) is 23.8 Å². The van der Waals surface area contributed by atoms with E-state index in [2.05, 4.69) is 10.0 Å². The van der Waals surface area contributed by atoms with E-state index >= 15 is 0 Å².